The second-order valence-electron chi connectivity index (χ2n) is 8.19. The van der Waals surface area contributed by atoms with Crippen molar-refractivity contribution in [3.8, 4) is 0 Å². The van der Waals surface area contributed by atoms with Crippen LogP contribution in [-0.2, 0) is 0 Å². The fraction of sp³-hybridized carbons (Fsp3) is 0.360. The van der Waals surface area contributed by atoms with Gasteiger partial charge in [-0.1, -0.05) is 19.1 Å². The summed E-state index contributed by atoms with van der Waals surface area (Å²) in [5.74, 6) is 0.328. The molecule has 0 unspecified atom stereocenters. The van der Waals surface area contributed by atoms with E-state index in [2.05, 4.69) is 17.3 Å². The molecule has 0 atom stereocenters. The van der Waals surface area contributed by atoms with Crippen molar-refractivity contribution in [3.63, 3.8) is 0 Å². The molecular weight excluding hydrogens is 376 g/mol. The molecule has 156 valence electrons. The summed E-state index contributed by atoms with van der Waals surface area (Å²) >= 11 is 0. The van der Waals surface area contributed by atoms with Crippen LogP contribution >= 0.6 is 0 Å². The van der Waals surface area contributed by atoms with Crippen molar-refractivity contribution in [2.75, 3.05) is 25.5 Å². The highest BCUT2D eigenvalue weighted by molar-refractivity contribution is 6.07. The van der Waals surface area contributed by atoms with Crippen LogP contribution in [0.5, 0.6) is 0 Å². The third-order valence-corrected chi connectivity index (χ3v) is 5.94. The van der Waals surface area contributed by atoms with Crippen LogP contribution in [0.15, 0.2) is 53.1 Å². The summed E-state index contributed by atoms with van der Waals surface area (Å²) < 4.78 is 5.77. The first-order chi connectivity index (χ1) is 14.5. The second-order valence-corrected chi connectivity index (χ2v) is 8.19. The molecule has 0 aliphatic carbocycles. The molecule has 1 N–H and O–H groups in total. The first kappa shape index (κ1) is 20.4. The predicted molar refractivity (Wildman–Crippen MR) is 119 cm³/mol. The fourth-order valence-electron chi connectivity index (χ4n) is 4.17. The van der Waals surface area contributed by atoms with E-state index in [0.29, 0.717) is 23.5 Å². The fourth-order valence-corrected chi connectivity index (χ4v) is 4.17. The third-order valence-electron chi connectivity index (χ3n) is 5.94. The number of hydrogen-bond donors (Lipinski definition) is 1. The van der Waals surface area contributed by atoms with Crippen LogP contribution in [0.4, 0.5) is 5.69 Å². The van der Waals surface area contributed by atoms with Gasteiger partial charge in [0.1, 0.15) is 5.58 Å². The van der Waals surface area contributed by atoms with Crippen LogP contribution in [0, 0.1) is 0 Å². The summed E-state index contributed by atoms with van der Waals surface area (Å²) in [5, 5.41) is 4.04. The summed E-state index contributed by atoms with van der Waals surface area (Å²) in [4.78, 5) is 27.3. The Kier molecular flexibility index (Phi) is 6.00. The van der Waals surface area contributed by atoms with Crippen molar-refractivity contribution in [1.82, 2.24) is 4.90 Å². The number of piperidine rings is 1. The number of ketones is 1. The highest BCUT2D eigenvalue weighted by Crippen LogP contribution is 2.35. The number of amides is 1. The Bertz CT molecular complexity index is 1060. The molecular formula is C25H28N2O3. The summed E-state index contributed by atoms with van der Waals surface area (Å²) in [6.07, 6.45) is 5.37. The van der Waals surface area contributed by atoms with Crippen molar-refractivity contribution in [1.29, 1.82) is 0 Å². The molecule has 0 bridgehead atoms. The molecule has 5 heteroatoms. The van der Waals surface area contributed by atoms with E-state index < -0.39 is 0 Å². The van der Waals surface area contributed by atoms with Gasteiger partial charge in [0.15, 0.2) is 5.78 Å². The number of Topliss-reactive ketones (excluding diaryl/α,β-unsaturated/α-hetero) is 1. The number of benzene rings is 2. The standard InChI is InChI=1S/C25H28N2O3/c1-3-5-23(28)18-6-4-7-19(14-18)25(29)26-20-8-9-24-21(15-20)22(16-30-24)17-10-12-27(2)13-11-17/h4,6-9,14-17H,3,5,10-13H2,1-2H3,(H,26,29). The predicted octanol–water partition coefficient (Wildman–Crippen LogP) is 5.48. The minimum absolute atomic E-state index is 0.0646. The number of fused-ring (bicyclic) bond motifs is 1. The van der Waals surface area contributed by atoms with Gasteiger partial charge in [0.25, 0.3) is 5.91 Å². The molecule has 1 aliphatic heterocycles. The monoisotopic (exact) mass is 404 g/mol. The molecule has 0 spiro atoms. The molecule has 30 heavy (non-hydrogen) atoms. The zero-order chi connectivity index (χ0) is 21.1. The number of nitrogens with one attached hydrogen (secondary N) is 1. The SMILES string of the molecule is CCCC(=O)c1cccc(C(=O)Nc2ccc3occ(C4CCN(C)CC4)c3c2)c1. The summed E-state index contributed by atoms with van der Waals surface area (Å²) in [6.45, 7) is 4.14. The lowest BCUT2D eigenvalue weighted by Crippen LogP contribution is -2.29. The summed E-state index contributed by atoms with van der Waals surface area (Å²) in [6, 6.07) is 12.7. The summed E-state index contributed by atoms with van der Waals surface area (Å²) in [7, 11) is 2.15. The Morgan fingerprint density at radius 1 is 1.10 bits per heavy atom. The van der Waals surface area contributed by atoms with Gasteiger partial charge in [-0.3, -0.25) is 9.59 Å². The van der Waals surface area contributed by atoms with E-state index >= 15 is 0 Å². The van der Waals surface area contributed by atoms with Gasteiger partial charge >= 0.3 is 0 Å². The van der Waals surface area contributed by atoms with Gasteiger partial charge < -0.3 is 14.6 Å². The molecule has 1 aliphatic rings. The lowest BCUT2D eigenvalue weighted by Gasteiger charge is -2.28. The highest BCUT2D eigenvalue weighted by atomic mass is 16.3. The van der Waals surface area contributed by atoms with Gasteiger partial charge in [0.2, 0.25) is 0 Å². The number of nitrogens with zero attached hydrogens (tertiary/aromatic N) is 1. The van der Waals surface area contributed by atoms with E-state index in [1.54, 1.807) is 24.3 Å². The van der Waals surface area contributed by atoms with E-state index in [1.165, 1.54) is 5.56 Å². The third kappa shape index (κ3) is 4.31. The zero-order valence-electron chi connectivity index (χ0n) is 17.6. The Balaban J connectivity index is 1.54. The minimum atomic E-state index is -0.218. The smallest absolute Gasteiger partial charge is 0.255 e. The molecule has 0 saturated carbocycles. The maximum atomic E-state index is 12.8. The van der Waals surface area contributed by atoms with Gasteiger partial charge in [-0.2, -0.15) is 0 Å². The van der Waals surface area contributed by atoms with Crippen LogP contribution in [0.25, 0.3) is 11.0 Å². The Morgan fingerprint density at radius 2 is 1.87 bits per heavy atom. The number of hydrogen-bond acceptors (Lipinski definition) is 4. The molecule has 2 aromatic carbocycles. The molecule has 1 saturated heterocycles. The van der Waals surface area contributed by atoms with E-state index in [-0.39, 0.29) is 11.7 Å². The molecule has 3 aromatic rings. The van der Waals surface area contributed by atoms with Crippen molar-refractivity contribution >= 4 is 28.3 Å². The molecule has 1 fully saturated rings. The van der Waals surface area contributed by atoms with Gasteiger partial charge in [-0.15, -0.1) is 0 Å². The molecule has 0 radical (unpaired) electrons. The van der Waals surface area contributed by atoms with Crippen LogP contribution in [-0.4, -0.2) is 36.7 Å². The van der Waals surface area contributed by atoms with Crippen molar-refractivity contribution in [3.05, 3.63) is 65.4 Å². The summed E-state index contributed by atoms with van der Waals surface area (Å²) in [5.41, 5.74) is 3.86. The molecule has 5 nitrogen and oxygen atoms in total. The quantitative estimate of drug-likeness (QED) is 0.553. The van der Waals surface area contributed by atoms with Gasteiger partial charge in [-0.25, -0.2) is 0 Å². The minimum Gasteiger partial charge on any atom is -0.464 e. The normalized spacial score (nSPS) is 15.4. The van der Waals surface area contributed by atoms with Gasteiger partial charge in [0, 0.05) is 34.2 Å². The highest BCUT2D eigenvalue weighted by Gasteiger charge is 2.22. The number of furan rings is 1. The van der Waals surface area contributed by atoms with E-state index in [4.69, 9.17) is 4.42 Å². The lowest BCUT2D eigenvalue weighted by atomic mass is 9.89. The molecule has 1 amide bonds. The van der Waals surface area contributed by atoms with Gasteiger partial charge in [-0.05, 0) is 75.6 Å². The van der Waals surface area contributed by atoms with Crippen molar-refractivity contribution < 1.29 is 14.0 Å². The topological polar surface area (TPSA) is 62.6 Å². The molecule has 4 rings (SSSR count). The lowest BCUT2D eigenvalue weighted by molar-refractivity contribution is 0.0981. The molecule has 1 aromatic heterocycles. The number of likely N-dealkylation sites (tertiary alicyclic amines) is 1. The van der Waals surface area contributed by atoms with Crippen molar-refractivity contribution in [2.24, 2.45) is 0 Å². The average molecular weight is 405 g/mol. The maximum Gasteiger partial charge on any atom is 0.255 e. The van der Waals surface area contributed by atoms with Crippen LogP contribution in [0.1, 0.15) is 64.8 Å². The Hall–Kier alpha value is -2.92. The maximum absolute atomic E-state index is 12.8. The van der Waals surface area contributed by atoms with Gasteiger partial charge in [0.05, 0.1) is 6.26 Å². The van der Waals surface area contributed by atoms with Crippen LogP contribution in [0.3, 0.4) is 0 Å². The second kappa shape index (κ2) is 8.84. The number of carbonyl (C=O) groups is 2. The first-order valence-corrected chi connectivity index (χ1v) is 10.7. The number of anilines is 1. The number of rotatable bonds is 6. The van der Waals surface area contributed by atoms with E-state index in [9.17, 15) is 9.59 Å². The first-order valence-electron chi connectivity index (χ1n) is 10.7. The Labute approximate surface area is 177 Å². The zero-order valence-corrected chi connectivity index (χ0v) is 17.6. The van der Waals surface area contributed by atoms with Crippen LogP contribution in [0.2, 0.25) is 0 Å². The number of carbonyl (C=O) groups excluding carboxylic acids is 2. The largest absolute Gasteiger partial charge is 0.464 e. The Morgan fingerprint density at radius 3 is 2.63 bits per heavy atom. The van der Waals surface area contributed by atoms with E-state index in [0.717, 1.165) is 49.0 Å². The molecule has 2 heterocycles. The van der Waals surface area contributed by atoms with Crippen molar-refractivity contribution in [2.45, 2.75) is 38.5 Å². The van der Waals surface area contributed by atoms with Crippen LogP contribution < -0.4 is 5.32 Å². The van der Waals surface area contributed by atoms with E-state index in [1.807, 2.05) is 31.4 Å². The average Bonchev–Trinajstić information content (AvgIpc) is 3.18.